The Morgan fingerprint density at radius 3 is 2.64 bits per heavy atom. The zero-order valence-electron chi connectivity index (χ0n) is 6.21. The average Bonchev–Trinajstić information content (AvgIpc) is 1.94. The van der Waals surface area contributed by atoms with Crippen LogP contribution in [-0.2, 0) is 0 Å². The maximum absolute atomic E-state index is 9.05. The van der Waals surface area contributed by atoms with Crippen LogP contribution in [0.2, 0.25) is 5.02 Å². The first-order valence-corrected chi connectivity index (χ1v) is 3.73. The zero-order valence-corrected chi connectivity index (χ0v) is 6.97. The zero-order chi connectivity index (χ0) is 8.43. The minimum absolute atomic E-state index is 0.0481. The minimum atomic E-state index is -0.0481. The highest BCUT2D eigenvalue weighted by atomic mass is 35.5. The maximum atomic E-state index is 9.05. The molecule has 2 nitrogen and oxygen atoms in total. The second-order valence-electron chi connectivity index (χ2n) is 2.50. The van der Waals surface area contributed by atoms with Crippen LogP contribution in [-0.4, -0.2) is 5.11 Å². The van der Waals surface area contributed by atoms with E-state index in [0.717, 1.165) is 5.56 Å². The van der Waals surface area contributed by atoms with Gasteiger partial charge in [0, 0.05) is 6.04 Å². The van der Waals surface area contributed by atoms with E-state index in [1.165, 1.54) is 0 Å². The van der Waals surface area contributed by atoms with Crippen molar-refractivity contribution in [3.8, 4) is 5.75 Å². The van der Waals surface area contributed by atoms with E-state index in [0.29, 0.717) is 5.02 Å². The quantitative estimate of drug-likeness (QED) is 0.680. The number of phenolic OH excluding ortho intramolecular Hbond substituents is 1. The fourth-order valence-corrected chi connectivity index (χ4v) is 0.995. The number of hydrogen-bond donors (Lipinski definition) is 2. The van der Waals surface area contributed by atoms with Gasteiger partial charge in [-0.2, -0.15) is 0 Å². The molecule has 0 heterocycles. The third kappa shape index (κ3) is 1.85. The van der Waals surface area contributed by atoms with Crippen molar-refractivity contribution in [3.63, 3.8) is 0 Å². The molecule has 1 rings (SSSR count). The first-order valence-electron chi connectivity index (χ1n) is 3.35. The normalized spacial score (nSPS) is 13.0. The molecule has 0 saturated carbocycles. The topological polar surface area (TPSA) is 46.2 Å². The van der Waals surface area contributed by atoms with E-state index in [1.54, 1.807) is 18.2 Å². The Balaban J connectivity index is 3.05. The molecule has 0 aliphatic rings. The van der Waals surface area contributed by atoms with Crippen LogP contribution >= 0.6 is 11.6 Å². The van der Waals surface area contributed by atoms with E-state index in [-0.39, 0.29) is 11.8 Å². The van der Waals surface area contributed by atoms with Gasteiger partial charge in [-0.25, -0.2) is 0 Å². The second kappa shape index (κ2) is 3.11. The van der Waals surface area contributed by atoms with Crippen molar-refractivity contribution in [3.05, 3.63) is 28.8 Å². The van der Waals surface area contributed by atoms with Gasteiger partial charge < -0.3 is 10.8 Å². The molecule has 0 fully saturated rings. The van der Waals surface area contributed by atoms with Crippen LogP contribution < -0.4 is 5.73 Å². The molecule has 0 unspecified atom stereocenters. The minimum Gasteiger partial charge on any atom is -0.506 e. The lowest BCUT2D eigenvalue weighted by molar-refractivity contribution is 0.475. The van der Waals surface area contributed by atoms with Crippen molar-refractivity contribution in [2.45, 2.75) is 13.0 Å². The molecule has 0 aromatic heterocycles. The molecular weight excluding hydrogens is 162 g/mol. The van der Waals surface area contributed by atoms with E-state index in [1.807, 2.05) is 6.92 Å². The molecule has 0 spiro atoms. The summed E-state index contributed by atoms with van der Waals surface area (Å²) in [6, 6.07) is 4.92. The number of aromatic hydroxyl groups is 1. The van der Waals surface area contributed by atoms with E-state index < -0.39 is 0 Å². The molecule has 1 atom stereocenters. The Morgan fingerprint density at radius 1 is 1.55 bits per heavy atom. The maximum Gasteiger partial charge on any atom is 0.134 e. The van der Waals surface area contributed by atoms with Crippen LogP contribution in [0.15, 0.2) is 18.2 Å². The van der Waals surface area contributed by atoms with Gasteiger partial charge in [-0.05, 0) is 24.6 Å². The molecule has 11 heavy (non-hydrogen) atoms. The fourth-order valence-electron chi connectivity index (χ4n) is 0.806. The van der Waals surface area contributed by atoms with Gasteiger partial charge in [-0.3, -0.25) is 0 Å². The summed E-state index contributed by atoms with van der Waals surface area (Å²) < 4.78 is 0. The lowest BCUT2D eigenvalue weighted by Crippen LogP contribution is -2.04. The number of rotatable bonds is 1. The van der Waals surface area contributed by atoms with Crippen LogP contribution in [0.4, 0.5) is 0 Å². The van der Waals surface area contributed by atoms with Crippen molar-refractivity contribution >= 4 is 11.6 Å². The smallest absolute Gasteiger partial charge is 0.134 e. The van der Waals surface area contributed by atoms with Crippen molar-refractivity contribution in [1.82, 2.24) is 0 Å². The molecule has 0 radical (unpaired) electrons. The molecule has 60 valence electrons. The molecule has 0 aliphatic carbocycles. The van der Waals surface area contributed by atoms with E-state index in [9.17, 15) is 0 Å². The van der Waals surface area contributed by atoms with Crippen LogP contribution in [0.3, 0.4) is 0 Å². The van der Waals surface area contributed by atoms with Crippen LogP contribution in [0.1, 0.15) is 18.5 Å². The molecule has 3 heteroatoms. The second-order valence-corrected chi connectivity index (χ2v) is 2.91. The molecule has 1 aromatic carbocycles. The number of benzene rings is 1. The van der Waals surface area contributed by atoms with Gasteiger partial charge in [0.2, 0.25) is 0 Å². The summed E-state index contributed by atoms with van der Waals surface area (Å²) in [6.07, 6.45) is 0. The highest BCUT2D eigenvalue weighted by Crippen LogP contribution is 2.25. The Kier molecular flexibility index (Phi) is 2.37. The molecule has 0 saturated heterocycles. The Morgan fingerprint density at radius 2 is 2.18 bits per heavy atom. The van der Waals surface area contributed by atoms with Crippen molar-refractivity contribution in [2.75, 3.05) is 0 Å². The summed E-state index contributed by atoms with van der Waals surface area (Å²) in [5.74, 6) is 0.0936. The van der Waals surface area contributed by atoms with Gasteiger partial charge in [0.1, 0.15) is 5.75 Å². The summed E-state index contributed by atoms with van der Waals surface area (Å²) in [5.41, 5.74) is 6.52. The SMILES string of the molecule is C[C@@H](N)c1ccc(O)c(Cl)c1. The van der Waals surface area contributed by atoms with E-state index in [2.05, 4.69) is 0 Å². The Bertz CT molecular complexity index is 260. The van der Waals surface area contributed by atoms with Crippen LogP contribution in [0.25, 0.3) is 0 Å². The first kappa shape index (κ1) is 8.37. The summed E-state index contributed by atoms with van der Waals surface area (Å²) >= 11 is 5.65. The molecule has 0 amide bonds. The lowest BCUT2D eigenvalue weighted by atomic mass is 10.1. The number of nitrogens with two attached hydrogens (primary N) is 1. The largest absolute Gasteiger partial charge is 0.506 e. The van der Waals surface area contributed by atoms with E-state index >= 15 is 0 Å². The van der Waals surface area contributed by atoms with Crippen molar-refractivity contribution < 1.29 is 5.11 Å². The van der Waals surface area contributed by atoms with Gasteiger partial charge in [0.25, 0.3) is 0 Å². The average molecular weight is 172 g/mol. The third-order valence-corrected chi connectivity index (χ3v) is 1.80. The Labute approximate surface area is 70.6 Å². The molecule has 0 bridgehead atoms. The highest BCUT2D eigenvalue weighted by molar-refractivity contribution is 6.32. The predicted octanol–water partition coefficient (Wildman–Crippen LogP) is 2.07. The first-order chi connectivity index (χ1) is 5.11. The summed E-state index contributed by atoms with van der Waals surface area (Å²) in [7, 11) is 0. The predicted molar refractivity (Wildman–Crippen MR) is 45.7 cm³/mol. The number of hydrogen-bond acceptors (Lipinski definition) is 2. The van der Waals surface area contributed by atoms with Gasteiger partial charge in [0.05, 0.1) is 5.02 Å². The third-order valence-electron chi connectivity index (χ3n) is 1.50. The van der Waals surface area contributed by atoms with E-state index in [4.69, 9.17) is 22.4 Å². The highest BCUT2D eigenvalue weighted by Gasteiger charge is 2.02. The lowest BCUT2D eigenvalue weighted by Gasteiger charge is -2.05. The van der Waals surface area contributed by atoms with Gasteiger partial charge in [-0.15, -0.1) is 0 Å². The summed E-state index contributed by atoms with van der Waals surface area (Å²) in [5, 5.41) is 9.40. The molecule has 1 aromatic rings. The fraction of sp³-hybridized carbons (Fsp3) is 0.250. The molecule has 0 aliphatic heterocycles. The monoisotopic (exact) mass is 171 g/mol. The summed E-state index contributed by atoms with van der Waals surface area (Å²) in [6.45, 7) is 1.86. The standard InChI is InChI=1S/C8H10ClNO/c1-5(10)6-2-3-8(11)7(9)4-6/h2-5,11H,10H2,1H3/t5-/m1/s1. The van der Waals surface area contributed by atoms with Crippen molar-refractivity contribution in [2.24, 2.45) is 5.73 Å². The van der Waals surface area contributed by atoms with Crippen molar-refractivity contribution in [1.29, 1.82) is 0 Å². The van der Waals surface area contributed by atoms with Crippen LogP contribution in [0, 0.1) is 0 Å². The Hall–Kier alpha value is -0.730. The molecular formula is C8H10ClNO. The molecule has 3 N–H and O–H groups in total. The van der Waals surface area contributed by atoms with Gasteiger partial charge in [-0.1, -0.05) is 17.7 Å². The number of phenols is 1. The van der Waals surface area contributed by atoms with Gasteiger partial charge in [0.15, 0.2) is 0 Å². The van der Waals surface area contributed by atoms with Gasteiger partial charge >= 0.3 is 0 Å². The number of halogens is 1. The van der Waals surface area contributed by atoms with Crippen LogP contribution in [0.5, 0.6) is 5.75 Å². The summed E-state index contributed by atoms with van der Waals surface area (Å²) in [4.78, 5) is 0.